The summed E-state index contributed by atoms with van der Waals surface area (Å²) >= 11 is 0. The molecule has 0 aliphatic carbocycles. The van der Waals surface area contributed by atoms with Crippen LogP contribution in [0.3, 0.4) is 0 Å². The van der Waals surface area contributed by atoms with Crippen molar-refractivity contribution in [1.29, 1.82) is 0 Å². The van der Waals surface area contributed by atoms with Crippen molar-refractivity contribution >= 4 is 0 Å². The highest BCUT2D eigenvalue weighted by molar-refractivity contribution is 4.47. The maximum Gasteiger partial charge on any atom is 0.185 e. The number of hydrogen-bond donors (Lipinski definition) is 0. The van der Waals surface area contributed by atoms with Gasteiger partial charge in [0.15, 0.2) is 13.5 Å². The Hall–Kier alpha value is -0.120. The van der Waals surface area contributed by atoms with Crippen LogP contribution in [-0.2, 0) is 9.47 Å². The minimum atomic E-state index is 0.875. The summed E-state index contributed by atoms with van der Waals surface area (Å²) in [6.45, 7) is 5.90. The lowest BCUT2D eigenvalue weighted by atomic mass is 10.5. The molecule has 0 aromatic heterocycles. The zero-order chi connectivity index (χ0) is 6.16. The third kappa shape index (κ3) is 0.852. The van der Waals surface area contributed by atoms with Gasteiger partial charge in [-0.15, -0.1) is 0 Å². The van der Waals surface area contributed by atoms with Gasteiger partial charge in [0.1, 0.15) is 26.3 Å². The Kier molecular flexibility index (Phi) is 1.22. The molecule has 3 heteroatoms. The molecule has 52 valence electrons. The third-order valence-corrected chi connectivity index (χ3v) is 2.15. The van der Waals surface area contributed by atoms with Gasteiger partial charge < -0.3 is 9.47 Å². The predicted octanol–water partition coefficient (Wildman–Crippen LogP) is -0.221. The van der Waals surface area contributed by atoms with Crippen LogP contribution in [0.25, 0.3) is 0 Å². The number of nitrogens with zero attached hydrogens (tertiary/aromatic N) is 1. The van der Waals surface area contributed by atoms with Crippen LogP contribution in [0.2, 0.25) is 0 Å². The fraction of sp³-hybridized carbons (Fsp3) is 1.00. The van der Waals surface area contributed by atoms with Crippen molar-refractivity contribution in [3.05, 3.63) is 0 Å². The first-order valence-corrected chi connectivity index (χ1v) is 3.42. The van der Waals surface area contributed by atoms with Gasteiger partial charge in [-0.2, -0.15) is 0 Å². The molecule has 0 aromatic rings. The Balaban J connectivity index is 2.04. The van der Waals surface area contributed by atoms with E-state index in [-0.39, 0.29) is 0 Å². The predicted molar refractivity (Wildman–Crippen MR) is 31.6 cm³/mol. The number of hydrogen-bond acceptors (Lipinski definition) is 2. The first-order valence-electron chi connectivity index (χ1n) is 3.42. The van der Waals surface area contributed by atoms with Crippen molar-refractivity contribution < 1.29 is 14.0 Å². The summed E-state index contributed by atoms with van der Waals surface area (Å²) in [5, 5.41) is 0. The molecule has 0 radical (unpaired) electrons. The van der Waals surface area contributed by atoms with Crippen LogP contribution in [0.1, 0.15) is 0 Å². The normalized spacial score (nSPS) is 32.0. The molecule has 0 bridgehead atoms. The van der Waals surface area contributed by atoms with E-state index >= 15 is 0 Å². The summed E-state index contributed by atoms with van der Waals surface area (Å²) in [6, 6.07) is 0. The van der Waals surface area contributed by atoms with Crippen molar-refractivity contribution in [2.75, 3.05) is 39.8 Å². The van der Waals surface area contributed by atoms with E-state index < -0.39 is 0 Å². The molecule has 2 aliphatic rings. The average Bonchev–Trinajstić information content (AvgIpc) is 2.45. The molecule has 2 aliphatic heterocycles. The molecule has 2 saturated heterocycles. The molecule has 0 amide bonds. The average molecular weight is 130 g/mol. The first-order chi connectivity index (χ1) is 4.41. The van der Waals surface area contributed by atoms with E-state index in [0.29, 0.717) is 0 Å². The summed E-state index contributed by atoms with van der Waals surface area (Å²) in [5.41, 5.74) is 0. The van der Waals surface area contributed by atoms with Crippen LogP contribution < -0.4 is 0 Å². The van der Waals surface area contributed by atoms with E-state index in [2.05, 4.69) is 0 Å². The van der Waals surface area contributed by atoms with E-state index in [1.54, 1.807) is 0 Å². The van der Waals surface area contributed by atoms with Crippen LogP contribution in [0.15, 0.2) is 0 Å². The van der Waals surface area contributed by atoms with E-state index in [4.69, 9.17) is 9.47 Å². The van der Waals surface area contributed by atoms with E-state index in [9.17, 15) is 0 Å². The van der Waals surface area contributed by atoms with Crippen molar-refractivity contribution in [2.45, 2.75) is 0 Å². The van der Waals surface area contributed by atoms with Gasteiger partial charge in [-0.05, 0) is 0 Å². The second-order valence-electron chi connectivity index (χ2n) is 2.86. The van der Waals surface area contributed by atoms with E-state index in [1.807, 2.05) is 0 Å². The van der Waals surface area contributed by atoms with Crippen molar-refractivity contribution in [3.63, 3.8) is 0 Å². The van der Waals surface area contributed by atoms with Gasteiger partial charge >= 0.3 is 0 Å². The smallest absolute Gasteiger partial charge is 0.185 e. The van der Waals surface area contributed by atoms with Gasteiger partial charge in [-0.25, -0.2) is 0 Å². The van der Waals surface area contributed by atoms with Crippen LogP contribution in [0.4, 0.5) is 0 Å². The van der Waals surface area contributed by atoms with Gasteiger partial charge in [0, 0.05) is 0 Å². The van der Waals surface area contributed by atoms with Crippen LogP contribution in [0.5, 0.6) is 0 Å². The highest BCUT2D eigenvalue weighted by Crippen LogP contribution is 2.17. The maximum absolute atomic E-state index is 5.27. The third-order valence-electron chi connectivity index (χ3n) is 2.15. The summed E-state index contributed by atoms with van der Waals surface area (Å²) in [7, 11) is 0. The van der Waals surface area contributed by atoms with Gasteiger partial charge in [0.2, 0.25) is 0 Å². The fourth-order valence-electron chi connectivity index (χ4n) is 1.44. The van der Waals surface area contributed by atoms with Gasteiger partial charge in [-0.1, -0.05) is 0 Å². The lowest BCUT2D eigenvalue weighted by Gasteiger charge is -2.23. The zero-order valence-electron chi connectivity index (χ0n) is 5.51. The van der Waals surface area contributed by atoms with E-state index in [1.165, 1.54) is 0 Å². The van der Waals surface area contributed by atoms with Crippen LogP contribution >= 0.6 is 0 Å². The summed E-state index contributed by atoms with van der Waals surface area (Å²) < 4.78 is 11.6. The zero-order valence-corrected chi connectivity index (χ0v) is 5.51. The summed E-state index contributed by atoms with van der Waals surface area (Å²) in [5.74, 6) is 0. The molecule has 1 spiro atoms. The minimum Gasteiger partial charge on any atom is -0.326 e. The first kappa shape index (κ1) is 5.65. The van der Waals surface area contributed by atoms with Gasteiger partial charge in [0.05, 0.1) is 0 Å². The molecule has 0 saturated carbocycles. The molecule has 3 nitrogen and oxygen atoms in total. The SMILES string of the molecule is C1C[N+]2(CCOC2)CO1. The summed E-state index contributed by atoms with van der Waals surface area (Å²) in [6.07, 6.45) is 0. The highest BCUT2D eigenvalue weighted by Gasteiger charge is 2.36. The van der Waals surface area contributed by atoms with E-state index in [0.717, 1.165) is 44.2 Å². The molecule has 0 unspecified atom stereocenters. The molecule has 2 rings (SSSR count). The molecule has 2 heterocycles. The number of quaternary nitrogens is 1. The molecule has 9 heavy (non-hydrogen) atoms. The second kappa shape index (κ2) is 1.94. The molecular weight excluding hydrogens is 118 g/mol. The monoisotopic (exact) mass is 130 g/mol. The minimum absolute atomic E-state index is 0.875. The van der Waals surface area contributed by atoms with Crippen molar-refractivity contribution in [1.82, 2.24) is 0 Å². The standard InChI is InChI=1S/C6H12NO2/c1-3-8-5-7(1)2-4-9-6-7/h1-6H2/q+1. The Morgan fingerprint density at radius 3 is 1.78 bits per heavy atom. The lowest BCUT2D eigenvalue weighted by molar-refractivity contribution is -0.922. The topological polar surface area (TPSA) is 18.5 Å². The molecule has 0 atom stereocenters. The molecule has 2 fully saturated rings. The van der Waals surface area contributed by atoms with Crippen molar-refractivity contribution in [3.8, 4) is 0 Å². The second-order valence-corrected chi connectivity index (χ2v) is 2.86. The Morgan fingerprint density at radius 1 is 0.889 bits per heavy atom. The fourth-order valence-corrected chi connectivity index (χ4v) is 1.44. The number of ether oxygens (including phenoxy) is 2. The quantitative estimate of drug-likeness (QED) is 0.422. The van der Waals surface area contributed by atoms with Gasteiger partial charge in [0.25, 0.3) is 0 Å². The largest absolute Gasteiger partial charge is 0.326 e. The highest BCUT2D eigenvalue weighted by atomic mass is 16.5. The summed E-state index contributed by atoms with van der Waals surface area (Å²) in [4.78, 5) is 0. The van der Waals surface area contributed by atoms with Gasteiger partial charge in [-0.3, -0.25) is 4.48 Å². The Morgan fingerprint density at radius 2 is 1.44 bits per heavy atom. The maximum atomic E-state index is 5.27. The number of rotatable bonds is 0. The lowest BCUT2D eigenvalue weighted by Crippen LogP contribution is -2.42. The molecule has 0 aromatic carbocycles. The Labute approximate surface area is 54.7 Å². The molecular formula is C6H12NO2+. The van der Waals surface area contributed by atoms with Crippen LogP contribution in [0, 0.1) is 0 Å². The molecule has 0 N–H and O–H groups in total. The Bertz CT molecular complexity index is 86.1. The van der Waals surface area contributed by atoms with Crippen LogP contribution in [-0.4, -0.2) is 44.2 Å². The van der Waals surface area contributed by atoms with Crippen molar-refractivity contribution in [2.24, 2.45) is 0 Å².